The molecule has 0 heterocycles. The number of nitrogens with one attached hydrogen (secondary N) is 1. The maximum atomic E-state index is 6.24. The molecule has 3 rings (SSSR count). The summed E-state index contributed by atoms with van der Waals surface area (Å²) < 4.78 is 11.2. The molecule has 0 saturated carbocycles. The number of benzene rings is 3. The van der Waals surface area contributed by atoms with Crippen LogP contribution in [0.2, 0.25) is 5.02 Å². The van der Waals surface area contributed by atoms with Crippen LogP contribution in [0.25, 0.3) is 10.8 Å². The third-order valence-electron chi connectivity index (χ3n) is 4.12. The Bertz CT molecular complexity index is 839. The molecule has 0 aliphatic heterocycles. The lowest BCUT2D eigenvalue weighted by atomic mass is 10.0. The fourth-order valence-electron chi connectivity index (χ4n) is 2.79. The van der Waals surface area contributed by atoms with Crippen LogP contribution in [0.4, 0.5) is 0 Å². The second-order valence-corrected chi connectivity index (χ2v) is 6.22. The zero-order chi connectivity index (χ0) is 17.5. The summed E-state index contributed by atoms with van der Waals surface area (Å²) in [4.78, 5) is 0. The van der Waals surface area contributed by atoms with Crippen LogP contribution in [0.15, 0.2) is 60.7 Å². The molecule has 0 spiro atoms. The van der Waals surface area contributed by atoms with E-state index in [-0.39, 0.29) is 12.4 Å². The van der Waals surface area contributed by atoms with Crippen LogP contribution in [-0.4, -0.2) is 20.3 Å². The summed E-state index contributed by atoms with van der Waals surface area (Å²) >= 11 is 6.24. The summed E-state index contributed by atoms with van der Waals surface area (Å²) in [6.07, 6.45) is 0. The number of hydrogen-bond donors (Lipinski definition) is 1. The Morgan fingerprint density at radius 1 is 0.962 bits per heavy atom. The highest BCUT2D eigenvalue weighted by Crippen LogP contribution is 2.29. The Morgan fingerprint density at radius 2 is 1.73 bits per heavy atom. The van der Waals surface area contributed by atoms with Gasteiger partial charge in [0.05, 0.1) is 6.61 Å². The van der Waals surface area contributed by atoms with Crippen molar-refractivity contribution in [2.75, 3.05) is 20.3 Å². The molecule has 5 heteroatoms. The van der Waals surface area contributed by atoms with Crippen LogP contribution in [-0.2, 0) is 17.9 Å². The molecule has 26 heavy (non-hydrogen) atoms. The lowest BCUT2D eigenvalue weighted by Gasteiger charge is -2.15. The predicted molar refractivity (Wildman–Crippen MR) is 111 cm³/mol. The van der Waals surface area contributed by atoms with Gasteiger partial charge in [0.2, 0.25) is 0 Å². The minimum Gasteiger partial charge on any atom is -0.488 e. The summed E-state index contributed by atoms with van der Waals surface area (Å²) in [5, 5.41) is 6.54. The van der Waals surface area contributed by atoms with Crippen LogP contribution in [0, 0.1) is 0 Å². The van der Waals surface area contributed by atoms with Crippen LogP contribution in [0.5, 0.6) is 5.75 Å². The van der Waals surface area contributed by atoms with Gasteiger partial charge in [-0.25, -0.2) is 0 Å². The smallest absolute Gasteiger partial charge is 0.124 e. The molecule has 0 radical (unpaired) electrons. The van der Waals surface area contributed by atoms with Crippen molar-refractivity contribution >= 4 is 34.8 Å². The molecular formula is C21H23Cl2NO2. The van der Waals surface area contributed by atoms with Crippen LogP contribution >= 0.6 is 24.0 Å². The van der Waals surface area contributed by atoms with E-state index in [1.54, 1.807) is 7.11 Å². The first-order chi connectivity index (χ1) is 12.3. The number of methoxy groups -OCH3 is 1. The van der Waals surface area contributed by atoms with E-state index in [1.807, 2.05) is 30.3 Å². The average molecular weight is 392 g/mol. The zero-order valence-electron chi connectivity index (χ0n) is 14.7. The van der Waals surface area contributed by atoms with Gasteiger partial charge < -0.3 is 14.8 Å². The number of rotatable bonds is 8. The normalized spacial score (nSPS) is 10.5. The molecule has 0 bridgehead atoms. The molecule has 3 aromatic rings. The van der Waals surface area contributed by atoms with Gasteiger partial charge in [-0.1, -0.05) is 60.1 Å². The van der Waals surface area contributed by atoms with E-state index in [1.165, 1.54) is 10.8 Å². The molecule has 0 aromatic heterocycles. The molecule has 0 aliphatic rings. The number of ether oxygens (including phenoxy) is 2. The van der Waals surface area contributed by atoms with E-state index in [2.05, 4.69) is 35.6 Å². The Hall–Kier alpha value is -1.78. The van der Waals surface area contributed by atoms with Crippen molar-refractivity contribution in [3.05, 3.63) is 76.8 Å². The zero-order valence-corrected chi connectivity index (χ0v) is 16.3. The average Bonchev–Trinajstić information content (AvgIpc) is 2.65. The summed E-state index contributed by atoms with van der Waals surface area (Å²) in [7, 11) is 1.71. The molecule has 0 atom stereocenters. The van der Waals surface area contributed by atoms with Crippen molar-refractivity contribution in [2.45, 2.75) is 13.2 Å². The molecule has 0 fully saturated rings. The lowest BCUT2D eigenvalue weighted by Crippen LogP contribution is -2.19. The molecule has 0 amide bonds. The van der Waals surface area contributed by atoms with Crippen LogP contribution in [0.1, 0.15) is 11.1 Å². The van der Waals surface area contributed by atoms with E-state index >= 15 is 0 Å². The summed E-state index contributed by atoms with van der Waals surface area (Å²) in [6.45, 7) is 2.65. The standard InChI is InChI=1S/C21H22ClNO2.ClH/c1-24-13-12-23-14-19-18-8-4-2-6-16(18)10-11-21(19)25-15-17-7-3-5-9-20(17)22;/h2-11,23H,12-15H2,1H3;1H. The SMILES string of the molecule is COCCNCc1c(OCc2ccccc2Cl)ccc2ccccc12.Cl. The molecule has 1 N–H and O–H groups in total. The summed E-state index contributed by atoms with van der Waals surface area (Å²) in [6, 6.07) is 20.2. The van der Waals surface area contributed by atoms with E-state index < -0.39 is 0 Å². The quantitative estimate of drug-likeness (QED) is 0.533. The van der Waals surface area contributed by atoms with Gasteiger partial charge in [-0.15, -0.1) is 12.4 Å². The highest BCUT2D eigenvalue weighted by molar-refractivity contribution is 6.31. The third-order valence-corrected chi connectivity index (χ3v) is 4.49. The third kappa shape index (κ3) is 5.12. The van der Waals surface area contributed by atoms with E-state index in [4.69, 9.17) is 21.1 Å². The molecule has 138 valence electrons. The van der Waals surface area contributed by atoms with Crippen LogP contribution < -0.4 is 10.1 Å². The van der Waals surface area contributed by atoms with Gasteiger partial charge in [0, 0.05) is 36.3 Å². The molecule has 0 saturated heterocycles. The van der Waals surface area contributed by atoms with Crippen molar-refractivity contribution < 1.29 is 9.47 Å². The van der Waals surface area contributed by atoms with Crippen molar-refractivity contribution in [2.24, 2.45) is 0 Å². The second-order valence-electron chi connectivity index (χ2n) is 5.81. The van der Waals surface area contributed by atoms with Crippen molar-refractivity contribution in [1.82, 2.24) is 5.32 Å². The largest absolute Gasteiger partial charge is 0.488 e. The van der Waals surface area contributed by atoms with Gasteiger partial charge in [0.15, 0.2) is 0 Å². The van der Waals surface area contributed by atoms with Gasteiger partial charge >= 0.3 is 0 Å². The topological polar surface area (TPSA) is 30.5 Å². The minimum atomic E-state index is 0. The van der Waals surface area contributed by atoms with Gasteiger partial charge in [-0.2, -0.15) is 0 Å². The van der Waals surface area contributed by atoms with Gasteiger partial charge in [0.25, 0.3) is 0 Å². The first-order valence-electron chi connectivity index (χ1n) is 8.36. The fraction of sp³-hybridized carbons (Fsp3) is 0.238. The summed E-state index contributed by atoms with van der Waals surface area (Å²) in [5.41, 5.74) is 2.14. The van der Waals surface area contributed by atoms with Crippen molar-refractivity contribution in [3.63, 3.8) is 0 Å². The second kappa shape index (κ2) is 10.4. The van der Waals surface area contributed by atoms with Gasteiger partial charge in [-0.05, 0) is 22.9 Å². The first-order valence-corrected chi connectivity index (χ1v) is 8.74. The highest BCUT2D eigenvalue weighted by Gasteiger charge is 2.10. The van der Waals surface area contributed by atoms with Crippen molar-refractivity contribution in [3.8, 4) is 5.75 Å². The Morgan fingerprint density at radius 3 is 2.54 bits per heavy atom. The van der Waals surface area contributed by atoms with E-state index in [9.17, 15) is 0 Å². The van der Waals surface area contributed by atoms with E-state index in [0.29, 0.717) is 13.2 Å². The summed E-state index contributed by atoms with van der Waals surface area (Å²) in [5.74, 6) is 0.878. The molecule has 3 aromatic carbocycles. The van der Waals surface area contributed by atoms with Crippen LogP contribution in [0.3, 0.4) is 0 Å². The van der Waals surface area contributed by atoms with Crippen molar-refractivity contribution in [1.29, 1.82) is 0 Å². The number of halogens is 2. The minimum absolute atomic E-state index is 0. The monoisotopic (exact) mass is 391 g/mol. The fourth-order valence-corrected chi connectivity index (χ4v) is 2.98. The Labute approximate surface area is 165 Å². The maximum Gasteiger partial charge on any atom is 0.124 e. The lowest BCUT2D eigenvalue weighted by molar-refractivity contribution is 0.199. The Kier molecular flexibility index (Phi) is 8.20. The molecule has 3 nitrogen and oxygen atoms in total. The molecule has 0 unspecified atom stereocenters. The maximum absolute atomic E-state index is 6.24. The van der Waals surface area contributed by atoms with E-state index in [0.717, 1.165) is 35.0 Å². The van der Waals surface area contributed by atoms with Gasteiger partial charge in [0.1, 0.15) is 12.4 Å². The van der Waals surface area contributed by atoms with Gasteiger partial charge in [-0.3, -0.25) is 0 Å². The number of fused-ring (bicyclic) bond motifs is 1. The Balaban J connectivity index is 0.00000243. The highest BCUT2D eigenvalue weighted by atomic mass is 35.5. The molecular weight excluding hydrogens is 369 g/mol. The number of hydrogen-bond acceptors (Lipinski definition) is 3. The predicted octanol–water partition coefficient (Wildman–Crippen LogP) is 5.23. The molecule has 0 aliphatic carbocycles. The first kappa shape index (κ1) is 20.5.